The van der Waals surface area contributed by atoms with Gasteiger partial charge in [0, 0.05) is 23.7 Å². The molecule has 4 saturated carbocycles. The van der Waals surface area contributed by atoms with E-state index >= 15 is 0 Å². The highest BCUT2D eigenvalue weighted by Gasteiger charge is 2.73. The highest BCUT2D eigenvalue weighted by atomic mass is 16.5. The summed E-state index contributed by atoms with van der Waals surface area (Å²) in [4.78, 5) is 11.7. The van der Waals surface area contributed by atoms with E-state index in [0.29, 0.717) is 37.2 Å². The molecule has 0 aromatic rings. The van der Waals surface area contributed by atoms with Crippen LogP contribution in [0.1, 0.15) is 64.7 Å². The van der Waals surface area contributed by atoms with Crippen LogP contribution in [0.25, 0.3) is 0 Å². The molecule has 6 nitrogen and oxygen atoms in total. The van der Waals surface area contributed by atoms with E-state index in [1.807, 2.05) is 6.92 Å². The molecular weight excluding hydrogens is 372 g/mol. The molecule has 0 bridgehead atoms. The minimum absolute atomic E-state index is 0.0209. The molecule has 0 radical (unpaired) electrons. The van der Waals surface area contributed by atoms with Gasteiger partial charge in [0.05, 0.1) is 17.3 Å². The van der Waals surface area contributed by atoms with Crippen LogP contribution >= 0.6 is 0 Å². The highest BCUT2D eigenvalue weighted by molar-refractivity contribution is 5.86. The smallest absolute Gasteiger partial charge is 0.331 e. The summed E-state index contributed by atoms with van der Waals surface area (Å²) in [5, 5.41) is 44.6. The Morgan fingerprint density at radius 3 is 2.55 bits per heavy atom. The molecular formula is C23H34O6. The Kier molecular flexibility index (Phi) is 4.33. The third kappa shape index (κ3) is 2.35. The molecule has 0 amide bonds. The first-order valence-corrected chi connectivity index (χ1v) is 11.3. The molecule has 5 aliphatic rings. The molecule has 0 aromatic carbocycles. The average molecular weight is 407 g/mol. The lowest BCUT2D eigenvalue weighted by atomic mass is 9.42. The maximum atomic E-state index is 12.1. The van der Waals surface area contributed by atoms with Crippen molar-refractivity contribution >= 4 is 5.97 Å². The van der Waals surface area contributed by atoms with Gasteiger partial charge in [0.25, 0.3) is 0 Å². The van der Waals surface area contributed by atoms with Crippen LogP contribution in [0.3, 0.4) is 0 Å². The Morgan fingerprint density at radius 2 is 1.86 bits per heavy atom. The Balaban J connectivity index is 1.52. The molecule has 1 heterocycles. The number of carbonyl (C=O) groups excluding carboxylic acids is 1. The number of rotatable bonds is 2. The summed E-state index contributed by atoms with van der Waals surface area (Å²) in [6.07, 6.45) is 7.60. The summed E-state index contributed by atoms with van der Waals surface area (Å²) in [5.41, 5.74) is -2.62. The maximum absolute atomic E-state index is 12.1. The second-order valence-corrected chi connectivity index (χ2v) is 10.7. The van der Waals surface area contributed by atoms with E-state index in [2.05, 4.69) is 0 Å². The average Bonchev–Trinajstić information content (AvgIpc) is 3.23. The van der Waals surface area contributed by atoms with Gasteiger partial charge >= 0.3 is 5.97 Å². The summed E-state index contributed by atoms with van der Waals surface area (Å²) < 4.78 is 5.09. The quantitative estimate of drug-likeness (QED) is 0.520. The monoisotopic (exact) mass is 406 g/mol. The van der Waals surface area contributed by atoms with Crippen molar-refractivity contribution in [3.05, 3.63) is 11.6 Å². The fourth-order valence-corrected chi connectivity index (χ4v) is 8.45. The molecule has 0 unspecified atom stereocenters. The first kappa shape index (κ1) is 20.0. The summed E-state index contributed by atoms with van der Waals surface area (Å²) >= 11 is 0. The van der Waals surface area contributed by atoms with E-state index in [4.69, 9.17) is 4.74 Å². The Hall–Kier alpha value is -0.950. The number of hydrogen-bond donors (Lipinski definition) is 4. The number of hydrogen-bond acceptors (Lipinski definition) is 6. The lowest BCUT2D eigenvalue weighted by Gasteiger charge is -2.64. The summed E-state index contributed by atoms with van der Waals surface area (Å²) in [6.45, 7) is 2.20. The second kappa shape index (κ2) is 6.28. The van der Waals surface area contributed by atoms with Crippen LogP contribution in [-0.4, -0.2) is 56.9 Å². The van der Waals surface area contributed by atoms with Crippen molar-refractivity contribution in [1.82, 2.24) is 0 Å². The minimum atomic E-state index is -1.23. The van der Waals surface area contributed by atoms with Gasteiger partial charge in [-0.05, 0) is 81.0 Å². The topological polar surface area (TPSA) is 107 Å². The number of carbonyl (C=O) groups is 1. The number of esters is 1. The zero-order chi connectivity index (χ0) is 20.7. The van der Waals surface area contributed by atoms with Gasteiger partial charge in [0.15, 0.2) is 0 Å². The summed E-state index contributed by atoms with van der Waals surface area (Å²) in [6, 6.07) is 0. The lowest BCUT2D eigenvalue weighted by molar-refractivity contribution is -0.237. The van der Waals surface area contributed by atoms with Gasteiger partial charge in [-0.2, -0.15) is 0 Å². The summed E-state index contributed by atoms with van der Waals surface area (Å²) in [5.74, 6) is 0.109. The van der Waals surface area contributed by atoms with Crippen molar-refractivity contribution in [3.8, 4) is 0 Å². The Bertz CT molecular complexity index is 750. The van der Waals surface area contributed by atoms with Gasteiger partial charge in [-0.15, -0.1) is 0 Å². The fraction of sp³-hybridized carbons (Fsp3) is 0.870. The number of fused-ring (bicyclic) bond motifs is 5. The molecule has 6 heteroatoms. The summed E-state index contributed by atoms with van der Waals surface area (Å²) in [7, 11) is 0. The fourth-order valence-electron chi connectivity index (χ4n) is 8.45. The predicted molar refractivity (Wildman–Crippen MR) is 105 cm³/mol. The second-order valence-electron chi connectivity index (χ2n) is 10.7. The molecule has 4 N–H and O–H groups in total. The van der Waals surface area contributed by atoms with Gasteiger partial charge in [-0.3, -0.25) is 0 Å². The molecule has 4 fully saturated rings. The molecule has 0 saturated heterocycles. The molecule has 162 valence electrons. The minimum Gasteiger partial charge on any atom is -0.458 e. The van der Waals surface area contributed by atoms with Crippen molar-refractivity contribution in [2.45, 2.75) is 82.0 Å². The highest BCUT2D eigenvalue weighted by Crippen LogP contribution is 2.70. The third-order valence-corrected chi connectivity index (χ3v) is 10.2. The van der Waals surface area contributed by atoms with Gasteiger partial charge in [0.2, 0.25) is 0 Å². The van der Waals surface area contributed by atoms with Crippen molar-refractivity contribution in [3.63, 3.8) is 0 Å². The third-order valence-electron chi connectivity index (χ3n) is 10.2. The molecule has 5 rings (SSSR count). The van der Waals surface area contributed by atoms with E-state index in [9.17, 15) is 25.2 Å². The zero-order valence-electron chi connectivity index (χ0n) is 17.3. The van der Waals surface area contributed by atoms with Crippen LogP contribution < -0.4 is 0 Å². The number of aliphatic hydroxyl groups is 4. The number of cyclic esters (lactones) is 1. The van der Waals surface area contributed by atoms with E-state index in [1.165, 1.54) is 6.08 Å². The normalized spacial score (nSPS) is 54.2. The van der Waals surface area contributed by atoms with Gasteiger partial charge in [-0.25, -0.2) is 4.79 Å². The molecule has 29 heavy (non-hydrogen) atoms. The van der Waals surface area contributed by atoms with Crippen LogP contribution in [0.15, 0.2) is 11.6 Å². The number of aliphatic hydroxyl groups excluding tert-OH is 2. The molecule has 0 spiro atoms. The van der Waals surface area contributed by atoms with E-state index in [-0.39, 0.29) is 36.6 Å². The van der Waals surface area contributed by atoms with Gasteiger partial charge in [-0.1, -0.05) is 6.92 Å². The van der Waals surface area contributed by atoms with Crippen molar-refractivity contribution in [1.29, 1.82) is 0 Å². The lowest BCUT2D eigenvalue weighted by Crippen LogP contribution is -2.66. The van der Waals surface area contributed by atoms with E-state index in [0.717, 1.165) is 32.1 Å². The molecule has 4 aliphatic carbocycles. The van der Waals surface area contributed by atoms with Crippen molar-refractivity contribution < 1.29 is 30.0 Å². The van der Waals surface area contributed by atoms with Crippen LogP contribution in [0.5, 0.6) is 0 Å². The molecule has 0 aromatic heterocycles. The van der Waals surface area contributed by atoms with Crippen LogP contribution in [-0.2, 0) is 9.53 Å². The molecule has 8 atom stereocenters. The SMILES string of the molecule is C[C@]12CC[C@H]3[C@@H](CC[C@H]4C[C@@H](O)CC[C@@]43CO)[C@@]1(O)CC[C@@]2(O)C1=CC(=O)OC1. The standard InChI is InChI=1S/C23H34O6/c1-20-6-5-17-18(3-2-14-10-16(25)4-7-21(14,17)13-24)23(20,28)9-8-22(20,27)15-11-19(26)29-12-15/h11,14,16-18,24-25,27-28H,2-10,12-13H2,1H3/t14-,16-,17-,18+,20+,21+,22+,23-/m0/s1. The van der Waals surface area contributed by atoms with E-state index in [1.54, 1.807) is 0 Å². The first-order valence-electron chi connectivity index (χ1n) is 11.3. The first-order chi connectivity index (χ1) is 13.7. The predicted octanol–water partition coefficient (Wildman–Crippen LogP) is 1.69. The van der Waals surface area contributed by atoms with Crippen molar-refractivity contribution in [2.75, 3.05) is 13.2 Å². The maximum Gasteiger partial charge on any atom is 0.331 e. The van der Waals surface area contributed by atoms with E-state index < -0.39 is 22.6 Å². The largest absolute Gasteiger partial charge is 0.458 e. The Labute approximate surface area is 172 Å². The number of ether oxygens (including phenoxy) is 1. The van der Waals surface area contributed by atoms with Gasteiger partial charge < -0.3 is 25.2 Å². The van der Waals surface area contributed by atoms with Crippen molar-refractivity contribution in [2.24, 2.45) is 28.6 Å². The van der Waals surface area contributed by atoms with Crippen LogP contribution in [0.2, 0.25) is 0 Å². The Morgan fingerprint density at radius 1 is 1.07 bits per heavy atom. The molecule has 1 aliphatic heterocycles. The van der Waals surface area contributed by atoms with Crippen LogP contribution in [0.4, 0.5) is 0 Å². The van der Waals surface area contributed by atoms with Crippen LogP contribution in [0, 0.1) is 28.6 Å². The van der Waals surface area contributed by atoms with Gasteiger partial charge in [0.1, 0.15) is 6.61 Å². The zero-order valence-corrected chi connectivity index (χ0v) is 17.3.